The Bertz CT molecular complexity index is 734. The average Bonchev–Trinajstić information content (AvgIpc) is 2.57. The predicted octanol–water partition coefficient (Wildman–Crippen LogP) is 2.78. The van der Waals surface area contributed by atoms with E-state index in [1.807, 2.05) is 6.92 Å². The third kappa shape index (κ3) is 4.20. The zero-order chi connectivity index (χ0) is 17.0. The summed E-state index contributed by atoms with van der Waals surface area (Å²) in [5.41, 5.74) is 0.0445. The van der Waals surface area contributed by atoms with Crippen molar-refractivity contribution < 1.29 is 19.1 Å². The molecular formula is C18H22O5. The van der Waals surface area contributed by atoms with Gasteiger partial charge in [-0.15, -0.1) is 0 Å². The van der Waals surface area contributed by atoms with Crippen LogP contribution < -0.4 is 10.4 Å². The van der Waals surface area contributed by atoms with Crippen LogP contribution in [0.2, 0.25) is 0 Å². The number of benzene rings is 1. The first-order valence-electron chi connectivity index (χ1n) is 7.80. The van der Waals surface area contributed by atoms with E-state index >= 15 is 0 Å². The molecule has 0 bridgehead atoms. The summed E-state index contributed by atoms with van der Waals surface area (Å²) in [5.74, 6) is -0.00981. The lowest BCUT2D eigenvalue weighted by molar-refractivity contribution is -0.126. The number of Topliss-reactive ketones (excluding diaryl/α,β-unsaturated/α-hetero) is 1. The van der Waals surface area contributed by atoms with Crippen molar-refractivity contribution in [1.82, 2.24) is 0 Å². The molecule has 0 radical (unpaired) electrons. The maximum absolute atomic E-state index is 11.7. The van der Waals surface area contributed by atoms with E-state index in [-0.39, 0.29) is 18.3 Å². The van der Waals surface area contributed by atoms with Gasteiger partial charge in [0.2, 0.25) is 0 Å². The maximum atomic E-state index is 11.7. The molecule has 5 heteroatoms. The Morgan fingerprint density at radius 1 is 1.26 bits per heavy atom. The second-order valence-electron chi connectivity index (χ2n) is 5.84. The number of carbonyl (C=O) groups is 1. The van der Waals surface area contributed by atoms with Crippen LogP contribution in [-0.4, -0.2) is 23.6 Å². The third-order valence-corrected chi connectivity index (χ3v) is 4.06. The molecule has 0 saturated carbocycles. The molecule has 0 unspecified atom stereocenters. The Kier molecular flexibility index (Phi) is 5.55. The lowest BCUT2D eigenvalue weighted by Crippen LogP contribution is -2.34. The number of aliphatic hydroxyl groups excluding tert-OH is 1. The fourth-order valence-corrected chi connectivity index (χ4v) is 2.46. The summed E-state index contributed by atoms with van der Waals surface area (Å²) in [6.07, 6.45) is -0.337. The number of hydrogen-bond donors (Lipinski definition) is 1. The normalized spacial score (nSPS) is 15.1. The molecule has 3 atom stereocenters. The van der Waals surface area contributed by atoms with E-state index in [1.54, 1.807) is 38.1 Å². The largest absolute Gasteiger partial charge is 0.493 e. The van der Waals surface area contributed by atoms with Crippen LogP contribution in [0.25, 0.3) is 11.0 Å². The molecule has 0 aliphatic carbocycles. The molecule has 23 heavy (non-hydrogen) atoms. The first kappa shape index (κ1) is 17.2. The molecule has 0 aliphatic heterocycles. The molecule has 2 rings (SSSR count). The molecule has 1 N–H and O–H groups in total. The predicted molar refractivity (Wildman–Crippen MR) is 87.6 cm³/mol. The summed E-state index contributed by atoms with van der Waals surface area (Å²) in [4.78, 5) is 22.9. The van der Waals surface area contributed by atoms with Gasteiger partial charge in [-0.2, -0.15) is 0 Å². The molecule has 124 valence electrons. The molecule has 1 aromatic heterocycles. The summed E-state index contributed by atoms with van der Waals surface area (Å²) < 4.78 is 10.8. The summed E-state index contributed by atoms with van der Waals surface area (Å²) >= 11 is 0. The number of aliphatic hydroxyl groups is 1. The van der Waals surface area contributed by atoms with Crippen molar-refractivity contribution in [2.24, 2.45) is 11.8 Å². The zero-order valence-corrected chi connectivity index (χ0v) is 13.6. The van der Waals surface area contributed by atoms with E-state index in [1.165, 1.54) is 6.07 Å². The minimum Gasteiger partial charge on any atom is -0.493 e. The average molecular weight is 318 g/mol. The van der Waals surface area contributed by atoms with Crippen LogP contribution in [0.15, 0.2) is 39.5 Å². The Morgan fingerprint density at radius 3 is 2.65 bits per heavy atom. The van der Waals surface area contributed by atoms with Crippen molar-refractivity contribution in [3.8, 4) is 5.75 Å². The van der Waals surface area contributed by atoms with Gasteiger partial charge < -0.3 is 14.3 Å². The van der Waals surface area contributed by atoms with Crippen LogP contribution >= 0.6 is 0 Å². The van der Waals surface area contributed by atoms with Gasteiger partial charge in [0.15, 0.2) is 0 Å². The first-order chi connectivity index (χ1) is 10.9. The number of carbonyl (C=O) groups excluding carboxylic acids is 1. The highest BCUT2D eigenvalue weighted by Crippen LogP contribution is 2.21. The van der Waals surface area contributed by atoms with E-state index < -0.39 is 17.6 Å². The number of hydrogen-bond acceptors (Lipinski definition) is 5. The van der Waals surface area contributed by atoms with Crippen LogP contribution in [0.5, 0.6) is 5.75 Å². The van der Waals surface area contributed by atoms with Crippen molar-refractivity contribution in [3.63, 3.8) is 0 Å². The Morgan fingerprint density at radius 2 is 1.96 bits per heavy atom. The minimum atomic E-state index is -0.749. The van der Waals surface area contributed by atoms with Gasteiger partial charge in [0, 0.05) is 35.8 Å². The van der Waals surface area contributed by atoms with E-state index in [4.69, 9.17) is 9.15 Å². The summed E-state index contributed by atoms with van der Waals surface area (Å²) in [6.45, 7) is 5.63. The number of rotatable bonds is 7. The molecule has 0 spiro atoms. The molecule has 0 aliphatic rings. The van der Waals surface area contributed by atoms with E-state index in [9.17, 15) is 14.7 Å². The van der Waals surface area contributed by atoms with Gasteiger partial charge in [0.05, 0.1) is 12.7 Å². The van der Waals surface area contributed by atoms with Crippen molar-refractivity contribution in [3.05, 3.63) is 40.8 Å². The van der Waals surface area contributed by atoms with Crippen molar-refractivity contribution in [2.75, 3.05) is 6.61 Å². The second-order valence-corrected chi connectivity index (χ2v) is 5.84. The fraction of sp³-hybridized carbons (Fsp3) is 0.444. The molecule has 2 aromatic rings. The van der Waals surface area contributed by atoms with Gasteiger partial charge in [0.25, 0.3) is 0 Å². The SMILES string of the molecule is CCC(=O)[C@H](C)[C@H](O)[C@H](C)COc1ccc2ccc(=O)oc2c1. The van der Waals surface area contributed by atoms with Gasteiger partial charge in [0.1, 0.15) is 17.1 Å². The Balaban J connectivity index is 2.02. The van der Waals surface area contributed by atoms with Gasteiger partial charge in [-0.1, -0.05) is 20.8 Å². The van der Waals surface area contributed by atoms with Gasteiger partial charge in [-0.3, -0.25) is 4.79 Å². The van der Waals surface area contributed by atoms with E-state index in [0.29, 0.717) is 17.8 Å². The highest BCUT2D eigenvalue weighted by atomic mass is 16.5. The lowest BCUT2D eigenvalue weighted by Gasteiger charge is -2.23. The monoisotopic (exact) mass is 318 g/mol. The fourth-order valence-electron chi connectivity index (χ4n) is 2.46. The molecule has 5 nitrogen and oxygen atoms in total. The Hall–Kier alpha value is -2.14. The van der Waals surface area contributed by atoms with Crippen LogP contribution in [0.4, 0.5) is 0 Å². The van der Waals surface area contributed by atoms with Crippen molar-refractivity contribution in [1.29, 1.82) is 0 Å². The number of ketones is 1. The molecule has 1 heterocycles. The highest BCUT2D eigenvalue weighted by Gasteiger charge is 2.26. The van der Waals surface area contributed by atoms with Crippen molar-refractivity contribution >= 4 is 16.8 Å². The zero-order valence-electron chi connectivity index (χ0n) is 13.6. The summed E-state index contributed by atoms with van der Waals surface area (Å²) in [7, 11) is 0. The molecule has 1 aromatic carbocycles. The number of fused-ring (bicyclic) bond motifs is 1. The minimum absolute atomic E-state index is 0.0387. The topological polar surface area (TPSA) is 76.7 Å². The lowest BCUT2D eigenvalue weighted by atomic mass is 9.90. The first-order valence-corrected chi connectivity index (χ1v) is 7.80. The number of ether oxygens (including phenoxy) is 1. The van der Waals surface area contributed by atoms with Gasteiger partial charge >= 0.3 is 5.63 Å². The van der Waals surface area contributed by atoms with E-state index in [2.05, 4.69) is 0 Å². The van der Waals surface area contributed by atoms with E-state index in [0.717, 1.165) is 5.39 Å². The second kappa shape index (κ2) is 7.42. The summed E-state index contributed by atoms with van der Waals surface area (Å²) in [6, 6.07) is 8.29. The van der Waals surface area contributed by atoms with Crippen LogP contribution in [-0.2, 0) is 4.79 Å². The molecule has 0 amide bonds. The van der Waals surface area contributed by atoms with Crippen LogP contribution in [0.3, 0.4) is 0 Å². The molecule has 0 saturated heterocycles. The van der Waals surface area contributed by atoms with Crippen LogP contribution in [0, 0.1) is 11.8 Å². The quantitative estimate of drug-likeness (QED) is 0.794. The molecular weight excluding hydrogens is 296 g/mol. The van der Waals surface area contributed by atoms with Crippen molar-refractivity contribution in [2.45, 2.75) is 33.3 Å². The molecule has 0 fully saturated rings. The smallest absolute Gasteiger partial charge is 0.336 e. The van der Waals surface area contributed by atoms with Gasteiger partial charge in [-0.25, -0.2) is 4.79 Å². The van der Waals surface area contributed by atoms with Gasteiger partial charge in [-0.05, 0) is 18.2 Å². The standard InChI is InChI=1S/C18H22O5/c1-4-15(19)12(3)18(21)11(2)10-22-14-7-5-13-6-8-17(20)23-16(13)9-14/h5-9,11-12,18,21H,4,10H2,1-3H3/t11-,12+,18-/m1/s1. The highest BCUT2D eigenvalue weighted by molar-refractivity contribution is 5.80. The van der Waals surface area contributed by atoms with Crippen LogP contribution in [0.1, 0.15) is 27.2 Å². The third-order valence-electron chi connectivity index (χ3n) is 4.06. The maximum Gasteiger partial charge on any atom is 0.336 e. The Labute approximate surface area is 134 Å². The summed E-state index contributed by atoms with van der Waals surface area (Å²) in [5, 5.41) is 11.0.